The lowest BCUT2D eigenvalue weighted by atomic mass is 10.00. The third-order valence-electron chi connectivity index (χ3n) is 5.12. The van der Waals surface area contributed by atoms with E-state index in [4.69, 9.17) is 0 Å². The minimum absolute atomic E-state index is 0.0918. The van der Waals surface area contributed by atoms with Crippen molar-refractivity contribution in [2.24, 2.45) is 0 Å². The van der Waals surface area contributed by atoms with Crippen LogP contribution in [0.1, 0.15) is 24.4 Å². The van der Waals surface area contributed by atoms with Crippen LogP contribution in [-0.4, -0.2) is 34.3 Å². The molecule has 0 radical (unpaired) electrons. The first kappa shape index (κ1) is 20.4. The highest BCUT2D eigenvalue weighted by molar-refractivity contribution is 5.86. The second kappa shape index (κ2) is 9.30. The molecule has 1 heterocycles. The van der Waals surface area contributed by atoms with Crippen LogP contribution in [0.2, 0.25) is 0 Å². The fourth-order valence-electron chi connectivity index (χ4n) is 3.55. The molecule has 4 aromatic rings. The van der Waals surface area contributed by atoms with E-state index in [2.05, 4.69) is 55.4 Å². The van der Waals surface area contributed by atoms with E-state index in [1.165, 1.54) is 5.39 Å². The Labute approximate surface area is 181 Å². The minimum Gasteiger partial charge on any atom is -0.383 e. The molecule has 4 rings (SSSR count). The van der Waals surface area contributed by atoms with Gasteiger partial charge in [-0.15, -0.1) is 0 Å². The van der Waals surface area contributed by atoms with Crippen molar-refractivity contribution in [1.29, 1.82) is 0 Å². The third kappa shape index (κ3) is 5.01. The number of fused-ring (bicyclic) bond motifs is 1. The number of nitrogens with zero attached hydrogens (tertiary/aromatic N) is 2. The first-order chi connectivity index (χ1) is 15.1. The Kier molecular flexibility index (Phi) is 6.12. The molecular weight excluding hydrogens is 388 g/mol. The molecule has 0 fully saturated rings. The minimum atomic E-state index is -0.183. The number of anilines is 1. The van der Waals surface area contributed by atoms with Gasteiger partial charge in [-0.25, -0.2) is 9.78 Å². The SMILES string of the molecule is Cc1nc(-c2ccc(NCCNC(=O)N[C@@H](C)c3cccc4ccccc34)cc2)n[nH]1. The van der Waals surface area contributed by atoms with Crippen molar-refractivity contribution in [1.82, 2.24) is 25.8 Å². The number of urea groups is 1. The summed E-state index contributed by atoms with van der Waals surface area (Å²) >= 11 is 0. The molecule has 0 spiro atoms. The molecule has 4 N–H and O–H groups in total. The number of aromatic nitrogens is 3. The number of hydrogen-bond acceptors (Lipinski definition) is 4. The van der Waals surface area contributed by atoms with Crippen molar-refractivity contribution in [2.75, 3.05) is 18.4 Å². The molecule has 1 aromatic heterocycles. The van der Waals surface area contributed by atoms with Crippen LogP contribution in [0.15, 0.2) is 66.7 Å². The number of amides is 2. The Morgan fingerprint density at radius 3 is 2.55 bits per heavy atom. The molecule has 2 amide bonds. The summed E-state index contributed by atoms with van der Waals surface area (Å²) in [6.45, 7) is 5.00. The maximum atomic E-state index is 12.3. The van der Waals surface area contributed by atoms with Crippen LogP contribution in [-0.2, 0) is 0 Å². The van der Waals surface area contributed by atoms with Crippen LogP contribution in [0.25, 0.3) is 22.2 Å². The number of rotatable bonds is 7. The fourth-order valence-corrected chi connectivity index (χ4v) is 3.55. The molecule has 0 saturated carbocycles. The quantitative estimate of drug-likeness (QED) is 0.337. The number of hydrogen-bond donors (Lipinski definition) is 4. The lowest BCUT2D eigenvalue weighted by molar-refractivity contribution is 0.238. The van der Waals surface area contributed by atoms with E-state index >= 15 is 0 Å². The Hall–Kier alpha value is -3.87. The topological polar surface area (TPSA) is 94.7 Å². The maximum absolute atomic E-state index is 12.3. The monoisotopic (exact) mass is 414 g/mol. The van der Waals surface area contributed by atoms with Gasteiger partial charge in [-0.3, -0.25) is 5.10 Å². The molecule has 0 saturated heterocycles. The van der Waals surface area contributed by atoms with Crippen LogP contribution in [0.3, 0.4) is 0 Å². The average Bonchev–Trinajstić information content (AvgIpc) is 3.23. The number of carbonyl (C=O) groups is 1. The highest BCUT2D eigenvalue weighted by Gasteiger charge is 2.11. The zero-order valence-corrected chi connectivity index (χ0v) is 17.6. The molecule has 7 nitrogen and oxygen atoms in total. The van der Waals surface area contributed by atoms with Crippen molar-refractivity contribution < 1.29 is 4.79 Å². The molecular formula is C24H26N6O. The Morgan fingerprint density at radius 2 is 1.77 bits per heavy atom. The van der Waals surface area contributed by atoms with E-state index in [1.54, 1.807) is 0 Å². The van der Waals surface area contributed by atoms with Gasteiger partial charge in [0.05, 0.1) is 6.04 Å². The second-order valence-electron chi connectivity index (χ2n) is 7.44. The normalized spacial score (nSPS) is 11.8. The summed E-state index contributed by atoms with van der Waals surface area (Å²) in [7, 11) is 0. The van der Waals surface area contributed by atoms with Gasteiger partial charge in [0, 0.05) is 24.3 Å². The van der Waals surface area contributed by atoms with Crippen molar-refractivity contribution in [3.63, 3.8) is 0 Å². The molecule has 0 aliphatic heterocycles. The lowest BCUT2D eigenvalue weighted by Gasteiger charge is -2.17. The van der Waals surface area contributed by atoms with Crippen molar-refractivity contribution in [2.45, 2.75) is 19.9 Å². The molecule has 3 aromatic carbocycles. The molecule has 0 bridgehead atoms. The van der Waals surface area contributed by atoms with Gasteiger partial charge in [0.2, 0.25) is 0 Å². The highest BCUT2D eigenvalue weighted by Crippen LogP contribution is 2.24. The van der Waals surface area contributed by atoms with Gasteiger partial charge < -0.3 is 16.0 Å². The van der Waals surface area contributed by atoms with Gasteiger partial charge in [0.15, 0.2) is 5.82 Å². The van der Waals surface area contributed by atoms with Gasteiger partial charge in [-0.2, -0.15) is 5.10 Å². The lowest BCUT2D eigenvalue weighted by Crippen LogP contribution is -2.39. The Bertz CT molecular complexity index is 1160. The molecule has 1 atom stereocenters. The summed E-state index contributed by atoms with van der Waals surface area (Å²) in [5, 5.41) is 18.6. The highest BCUT2D eigenvalue weighted by atomic mass is 16.2. The molecule has 0 aliphatic rings. The van der Waals surface area contributed by atoms with Crippen LogP contribution in [0, 0.1) is 6.92 Å². The van der Waals surface area contributed by atoms with Gasteiger partial charge >= 0.3 is 6.03 Å². The molecule has 158 valence electrons. The first-order valence-electron chi connectivity index (χ1n) is 10.4. The summed E-state index contributed by atoms with van der Waals surface area (Å²) in [4.78, 5) is 16.6. The predicted molar refractivity (Wildman–Crippen MR) is 124 cm³/mol. The van der Waals surface area contributed by atoms with Crippen molar-refractivity contribution in [3.8, 4) is 11.4 Å². The predicted octanol–water partition coefficient (Wildman–Crippen LogP) is 4.41. The number of aryl methyl sites for hydroxylation is 1. The van der Waals surface area contributed by atoms with E-state index in [0.29, 0.717) is 18.9 Å². The number of H-pyrrole nitrogens is 1. The van der Waals surface area contributed by atoms with E-state index in [9.17, 15) is 4.79 Å². The summed E-state index contributed by atoms with van der Waals surface area (Å²) < 4.78 is 0. The summed E-state index contributed by atoms with van der Waals surface area (Å²) in [5.74, 6) is 1.47. The molecule has 31 heavy (non-hydrogen) atoms. The van der Waals surface area contributed by atoms with Crippen LogP contribution >= 0.6 is 0 Å². The van der Waals surface area contributed by atoms with Crippen molar-refractivity contribution >= 4 is 22.5 Å². The zero-order valence-electron chi connectivity index (χ0n) is 17.6. The van der Waals surface area contributed by atoms with E-state index < -0.39 is 0 Å². The fraction of sp³-hybridized carbons (Fsp3) is 0.208. The second-order valence-corrected chi connectivity index (χ2v) is 7.44. The molecule has 0 unspecified atom stereocenters. The first-order valence-corrected chi connectivity index (χ1v) is 10.4. The van der Waals surface area contributed by atoms with Crippen LogP contribution in [0.4, 0.5) is 10.5 Å². The molecule has 0 aliphatic carbocycles. The van der Waals surface area contributed by atoms with E-state index in [-0.39, 0.29) is 12.1 Å². The number of carbonyl (C=O) groups excluding carboxylic acids is 1. The number of aromatic amines is 1. The standard InChI is InChI=1S/C24H26N6O/c1-16(21-9-5-7-18-6-3-4-8-22(18)21)27-24(31)26-15-14-25-20-12-10-19(11-13-20)23-28-17(2)29-30-23/h3-13,16,25H,14-15H2,1-2H3,(H2,26,27,31)(H,28,29,30)/t16-/m0/s1. The zero-order chi connectivity index (χ0) is 21.6. The summed E-state index contributed by atoms with van der Waals surface area (Å²) in [6, 6.07) is 22.0. The van der Waals surface area contributed by atoms with Gasteiger partial charge in [-0.05, 0) is 54.4 Å². The van der Waals surface area contributed by atoms with Gasteiger partial charge in [0.1, 0.15) is 5.82 Å². The van der Waals surface area contributed by atoms with Crippen LogP contribution in [0.5, 0.6) is 0 Å². The van der Waals surface area contributed by atoms with E-state index in [0.717, 1.165) is 28.0 Å². The summed E-state index contributed by atoms with van der Waals surface area (Å²) in [6.07, 6.45) is 0. The van der Waals surface area contributed by atoms with Gasteiger partial charge in [0.25, 0.3) is 0 Å². The Balaban J connectivity index is 1.24. The summed E-state index contributed by atoms with van der Waals surface area (Å²) in [5.41, 5.74) is 3.03. The number of nitrogens with one attached hydrogen (secondary N) is 4. The smallest absolute Gasteiger partial charge is 0.315 e. The van der Waals surface area contributed by atoms with Crippen molar-refractivity contribution in [3.05, 3.63) is 78.1 Å². The molecule has 7 heteroatoms. The maximum Gasteiger partial charge on any atom is 0.315 e. The Morgan fingerprint density at radius 1 is 1.00 bits per heavy atom. The largest absolute Gasteiger partial charge is 0.383 e. The van der Waals surface area contributed by atoms with Gasteiger partial charge in [-0.1, -0.05) is 42.5 Å². The van der Waals surface area contributed by atoms with Crippen LogP contribution < -0.4 is 16.0 Å². The van der Waals surface area contributed by atoms with E-state index in [1.807, 2.05) is 56.3 Å². The number of benzene rings is 3. The third-order valence-corrected chi connectivity index (χ3v) is 5.12. The average molecular weight is 415 g/mol.